The Morgan fingerprint density at radius 3 is 2.66 bits per heavy atom. The van der Waals surface area contributed by atoms with Crippen LogP contribution in [0.5, 0.6) is 0 Å². The molecule has 29 heavy (non-hydrogen) atoms. The molecule has 2 fully saturated rings. The predicted octanol–water partition coefficient (Wildman–Crippen LogP) is 4.05. The molecule has 1 amide bonds. The van der Waals surface area contributed by atoms with Crippen LogP contribution in [-0.4, -0.2) is 52.0 Å². The summed E-state index contributed by atoms with van der Waals surface area (Å²) in [4.78, 5) is 21.8. The SMILES string of the molecule is Cc1cccc(-c2noc(CN3CCC(C(=O)N(C)C4CCCCC4)CC3)n2)c1. The van der Waals surface area contributed by atoms with Gasteiger partial charge in [-0.3, -0.25) is 9.69 Å². The number of nitrogens with zero attached hydrogens (tertiary/aromatic N) is 4. The second-order valence-electron chi connectivity index (χ2n) is 8.67. The molecule has 2 heterocycles. The van der Waals surface area contributed by atoms with Gasteiger partial charge in [-0.1, -0.05) is 48.2 Å². The Morgan fingerprint density at radius 1 is 1.17 bits per heavy atom. The standard InChI is InChI=1S/C23H32N4O2/c1-17-7-6-8-19(15-17)22-24-21(29-25-22)16-27-13-11-18(12-14-27)23(28)26(2)20-9-4-3-5-10-20/h6-8,15,18,20H,3-5,9-14,16H2,1-2H3. The molecule has 0 radical (unpaired) electrons. The summed E-state index contributed by atoms with van der Waals surface area (Å²) in [5.41, 5.74) is 2.16. The molecule has 1 aromatic heterocycles. The number of rotatable bonds is 5. The first kappa shape index (κ1) is 20.1. The minimum atomic E-state index is 0.156. The zero-order valence-electron chi connectivity index (χ0n) is 17.6. The zero-order chi connectivity index (χ0) is 20.2. The van der Waals surface area contributed by atoms with Crippen molar-refractivity contribution in [1.29, 1.82) is 0 Å². The second kappa shape index (κ2) is 9.08. The van der Waals surface area contributed by atoms with Gasteiger partial charge in [-0.25, -0.2) is 0 Å². The van der Waals surface area contributed by atoms with Crippen LogP contribution in [0.3, 0.4) is 0 Å². The fourth-order valence-corrected chi connectivity index (χ4v) is 4.69. The van der Waals surface area contributed by atoms with Gasteiger partial charge in [-0.2, -0.15) is 4.98 Å². The van der Waals surface area contributed by atoms with Gasteiger partial charge in [-0.05, 0) is 51.8 Å². The Balaban J connectivity index is 1.28. The summed E-state index contributed by atoms with van der Waals surface area (Å²) in [6.07, 6.45) is 8.00. The van der Waals surface area contributed by atoms with E-state index in [-0.39, 0.29) is 5.92 Å². The number of hydrogen-bond acceptors (Lipinski definition) is 5. The maximum absolute atomic E-state index is 12.9. The predicted molar refractivity (Wildman–Crippen MR) is 112 cm³/mol. The van der Waals surface area contributed by atoms with Crippen LogP contribution in [0.15, 0.2) is 28.8 Å². The minimum Gasteiger partial charge on any atom is -0.343 e. The number of aromatic nitrogens is 2. The molecule has 6 heteroatoms. The van der Waals surface area contributed by atoms with Gasteiger partial charge in [0.15, 0.2) is 0 Å². The van der Waals surface area contributed by atoms with Crippen molar-refractivity contribution in [2.45, 2.75) is 64.5 Å². The van der Waals surface area contributed by atoms with E-state index in [1.807, 2.05) is 24.1 Å². The summed E-state index contributed by atoms with van der Waals surface area (Å²) in [6.45, 7) is 4.51. The van der Waals surface area contributed by atoms with E-state index in [4.69, 9.17) is 4.52 Å². The zero-order valence-corrected chi connectivity index (χ0v) is 17.6. The van der Waals surface area contributed by atoms with Crippen LogP contribution in [-0.2, 0) is 11.3 Å². The molecule has 4 rings (SSSR count). The Kier molecular flexibility index (Phi) is 6.28. The molecule has 6 nitrogen and oxygen atoms in total. The third kappa shape index (κ3) is 4.86. The molecule has 1 aliphatic heterocycles. The molecule has 0 atom stereocenters. The molecule has 1 saturated carbocycles. The van der Waals surface area contributed by atoms with Gasteiger partial charge in [0.05, 0.1) is 6.54 Å². The largest absolute Gasteiger partial charge is 0.343 e. The van der Waals surface area contributed by atoms with Crippen LogP contribution in [0.25, 0.3) is 11.4 Å². The van der Waals surface area contributed by atoms with Crippen LogP contribution < -0.4 is 0 Å². The molecule has 156 valence electrons. The van der Waals surface area contributed by atoms with Gasteiger partial charge in [-0.15, -0.1) is 0 Å². The Bertz CT molecular complexity index is 820. The first-order valence-corrected chi connectivity index (χ1v) is 11.0. The van der Waals surface area contributed by atoms with Crippen LogP contribution >= 0.6 is 0 Å². The summed E-state index contributed by atoms with van der Waals surface area (Å²) >= 11 is 0. The number of amides is 1. The number of carbonyl (C=O) groups is 1. The van der Waals surface area contributed by atoms with Crippen LogP contribution in [0.4, 0.5) is 0 Å². The highest BCUT2D eigenvalue weighted by Gasteiger charge is 2.31. The number of likely N-dealkylation sites (tertiary alicyclic amines) is 1. The van der Waals surface area contributed by atoms with Crippen molar-refractivity contribution in [3.05, 3.63) is 35.7 Å². The molecule has 0 unspecified atom stereocenters. The lowest BCUT2D eigenvalue weighted by atomic mass is 9.91. The molecule has 2 aliphatic rings. The highest BCUT2D eigenvalue weighted by Crippen LogP contribution is 2.26. The Labute approximate surface area is 173 Å². The van der Waals surface area contributed by atoms with E-state index in [2.05, 4.69) is 34.1 Å². The van der Waals surface area contributed by atoms with E-state index in [0.29, 0.717) is 30.2 Å². The molecule has 0 N–H and O–H groups in total. The van der Waals surface area contributed by atoms with E-state index in [1.54, 1.807) is 0 Å². The van der Waals surface area contributed by atoms with Crippen LogP contribution in [0.2, 0.25) is 0 Å². The molecule has 0 spiro atoms. The monoisotopic (exact) mass is 396 g/mol. The van der Waals surface area contributed by atoms with Crippen molar-refractivity contribution < 1.29 is 9.32 Å². The molecule has 2 aromatic rings. The molecule has 1 aromatic carbocycles. The quantitative estimate of drug-likeness (QED) is 0.763. The average Bonchev–Trinajstić information content (AvgIpc) is 3.22. The number of hydrogen-bond donors (Lipinski definition) is 0. The summed E-state index contributed by atoms with van der Waals surface area (Å²) < 4.78 is 5.48. The summed E-state index contributed by atoms with van der Waals surface area (Å²) in [7, 11) is 2.01. The van der Waals surface area contributed by atoms with Crippen LogP contribution in [0, 0.1) is 12.8 Å². The number of benzene rings is 1. The maximum atomic E-state index is 12.9. The molecule has 1 saturated heterocycles. The number of aryl methyl sites for hydroxylation is 1. The van der Waals surface area contributed by atoms with Gasteiger partial charge in [0, 0.05) is 24.6 Å². The fourth-order valence-electron chi connectivity index (χ4n) is 4.69. The van der Waals surface area contributed by atoms with Crippen molar-refractivity contribution in [3.8, 4) is 11.4 Å². The van der Waals surface area contributed by atoms with E-state index >= 15 is 0 Å². The van der Waals surface area contributed by atoms with Gasteiger partial charge in [0.2, 0.25) is 17.6 Å². The molecule has 0 bridgehead atoms. The lowest BCUT2D eigenvalue weighted by Crippen LogP contribution is -2.45. The summed E-state index contributed by atoms with van der Waals surface area (Å²) in [5.74, 6) is 1.79. The van der Waals surface area contributed by atoms with Crippen molar-refractivity contribution in [1.82, 2.24) is 19.9 Å². The highest BCUT2D eigenvalue weighted by atomic mass is 16.5. The van der Waals surface area contributed by atoms with Crippen molar-refractivity contribution >= 4 is 5.91 Å². The van der Waals surface area contributed by atoms with Gasteiger partial charge in [0.1, 0.15) is 0 Å². The van der Waals surface area contributed by atoms with Crippen molar-refractivity contribution in [2.24, 2.45) is 5.92 Å². The van der Waals surface area contributed by atoms with Crippen molar-refractivity contribution in [2.75, 3.05) is 20.1 Å². The Hall–Kier alpha value is -2.21. The van der Waals surface area contributed by atoms with E-state index in [0.717, 1.165) is 31.5 Å². The minimum absolute atomic E-state index is 0.156. The lowest BCUT2D eigenvalue weighted by molar-refractivity contribution is -0.138. The maximum Gasteiger partial charge on any atom is 0.241 e. The van der Waals surface area contributed by atoms with Crippen molar-refractivity contribution in [3.63, 3.8) is 0 Å². The third-order valence-electron chi connectivity index (χ3n) is 6.51. The summed E-state index contributed by atoms with van der Waals surface area (Å²) in [5, 5.41) is 4.14. The normalized spacial score (nSPS) is 19.4. The lowest BCUT2D eigenvalue weighted by Gasteiger charge is -2.36. The smallest absolute Gasteiger partial charge is 0.241 e. The van der Waals surface area contributed by atoms with E-state index in [1.165, 1.54) is 37.7 Å². The molecular weight excluding hydrogens is 364 g/mol. The van der Waals surface area contributed by atoms with Gasteiger partial charge < -0.3 is 9.42 Å². The van der Waals surface area contributed by atoms with E-state index < -0.39 is 0 Å². The topological polar surface area (TPSA) is 62.5 Å². The summed E-state index contributed by atoms with van der Waals surface area (Å²) in [6, 6.07) is 8.58. The first-order valence-electron chi connectivity index (χ1n) is 11.0. The highest BCUT2D eigenvalue weighted by molar-refractivity contribution is 5.79. The number of carbonyl (C=O) groups excluding carboxylic acids is 1. The average molecular weight is 397 g/mol. The van der Waals surface area contributed by atoms with Gasteiger partial charge >= 0.3 is 0 Å². The molecular formula is C23H32N4O2. The molecule has 1 aliphatic carbocycles. The Morgan fingerprint density at radius 2 is 1.93 bits per heavy atom. The fraction of sp³-hybridized carbons (Fsp3) is 0.609. The first-order chi connectivity index (χ1) is 14.1. The van der Waals surface area contributed by atoms with E-state index in [9.17, 15) is 4.79 Å². The van der Waals surface area contributed by atoms with Gasteiger partial charge in [0.25, 0.3) is 0 Å². The second-order valence-corrected chi connectivity index (χ2v) is 8.67. The number of piperidine rings is 1. The van der Waals surface area contributed by atoms with Crippen LogP contribution in [0.1, 0.15) is 56.4 Å². The third-order valence-corrected chi connectivity index (χ3v) is 6.51.